The summed E-state index contributed by atoms with van der Waals surface area (Å²) in [5.74, 6) is 0.0283. The quantitative estimate of drug-likeness (QED) is 0.792. The number of aromatic nitrogens is 2. The molecule has 2 aromatic heterocycles. The van der Waals surface area contributed by atoms with Gasteiger partial charge in [0.25, 0.3) is 5.91 Å². The van der Waals surface area contributed by atoms with Crippen molar-refractivity contribution in [3.05, 3.63) is 51.2 Å². The molecule has 106 valence electrons. The molecule has 3 rings (SSSR count). The minimum atomic E-state index is -0.328. The van der Waals surface area contributed by atoms with Crippen LogP contribution in [0.25, 0.3) is 11.5 Å². The molecule has 7 heteroatoms. The van der Waals surface area contributed by atoms with Gasteiger partial charge in [-0.1, -0.05) is 34.4 Å². The molecule has 0 unspecified atom stereocenters. The monoisotopic (exact) mass is 319 g/mol. The molecule has 0 atom stereocenters. The number of hydrogen-bond donors (Lipinski definition) is 1. The molecule has 2 heterocycles. The van der Waals surface area contributed by atoms with Gasteiger partial charge in [-0.2, -0.15) is 0 Å². The number of nitrogens with one attached hydrogen (secondary N) is 1. The van der Waals surface area contributed by atoms with E-state index < -0.39 is 0 Å². The predicted molar refractivity (Wildman–Crippen MR) is 81.8 cm³/mol. The number of anilines is 1. The van der Waals surface area contributed by atoms with Crippen molar-refractivity contribution >= 4 is 34.9 Å². The van der Waals surface area contributed by atoms with Crippen molar-refractivity contribution in [1.82, 2.24) is 10.2 Å². The fraction of sp³-hybridized carbons (Fsp3) is 0.0714. The smallest absolute Gasteiger partial charge is 0.322 e. The average molecular weight is 320 g/mol. The summed E-state index contributed by atoms with van der Waals surface area (Å²) in [5, 5.41) is 10.3. The van der Waals surface area contributed by atoms with Gasteiger partial charge in [0.05, 0.1) is 9.21 Å². The summed E-state index contributed by atoms with van der Waals surface area (Å²) in [6, 6.07) is 11.0. The van der Waals surface area contributed by atoms with Crippen molar-refractivity contribution in [1.29, 1.82) is 0 Å². The summed E-state index contributed by atoms with van der Waals surface area (Å²) in [6.45, 7) is 2.00. The third-order valence-corrected chi connectivity index (χ3v) is 3.97. The molecule has 5 nitrogen and oxygen atoms in total. The van der Waals surface area contributed by atoms with Crippen LogP contribution >= 0.6 is 22.9 Å². The zero-order chi connectivity index (χ0) is 14.8. The number of hydrogen-bond acceptors (Lipinski definition) is 5. The van der Waals surface area contributed by atoms with E-state index in [4.69, 9.17) is 16.0 Å². The van der Waals surface area contributed by atoms with Crippen molar-refractivity contribution in [2.24, 2.45) is 0 Å². The highest BCUT2D eigenvalue weighted by atomic mass is 35.5. The maximum absolute atomic E-state index is 11.9. The lowest BCUT2D eigenvalue weighted by Crippen LogP contribution is -2.10. The van der Waals surface area contributed by atoms with E-state index in [1.165, 1.54) is 11.3 Å². The standard InChI is InChI=1S/C14H10ClN3O2S/c1-8-2-4-9(5-3-8)13-17-18-14(20-13)16-12(19)10-6-7-11(15)21-10/h2-7H,1H3,(H,16,18,19). The van der Waals surface area contributed by atoms with Gasteiger partial charge in [0.1, 0.15) is 0 Å². The summed E-state index contributed by atoms with van der Waals surface area (Å²) in [5.41, 5.74) is 1.94. The lowest BCUT2D eigenvalue weighted by atomic mass is 10.1. The zero-order valence-corrected chi connectivity index (χ0v) is 12.5. The van der Waals surface area contributed by atoms with Gasteiger partial charge in [0, 0.05) is 5.56 Å². The number of benzene rings is 1. The van der Waals surface area contributed by atoms with E-state index in [0.29, 0.717) is 15.1 Å². The fourth-order valence-corrected chi connectivity index (χ4v) is 2.62. The van der Waals surface area contributed by atoms with Crippen LogP contribution in [0.3, 0.4) is 0 Å². The third-order valence-electron chi connectivity index (χ3n) is 2.74. The van der Waals surface area contributed by atoms with Crippen LogP contribution in [0.5, 0.6) is 0 Å². The number of carbonyl (C=O) groups excluding carboxylic acids is 1. The molecular formula is C14H10ClN3O2S. The molecular weight excluding hydrogens is 310 g/mol. The first kappa shape index (κ1) is 13.8. The molecule has 1 amide bonds. The zero-order valence-electron chi connectivity index (χ0n) is 11.0. The lowest BCUT2D eigenvalue weighted by molar-refractivity contribution is 0.102. The Morgan fingerprint density at radius 1 is 1.19 bits per heavy atom. The van der Waals surface area contributed by atoms with Crippen LogP contribution in [0.4, 0.5) is 6.01 Å². The maximum Gasteiger partial charge on any atom is 0.322 e. The molecule has 0 aliphatic rings. The van der Waals surface area contributed by atoms with Crippen molar-refractivity contribution in [3.8, 4) is 11.5 Å². The minimum Gasteiger partial charge on any atom is -0.403 e. The van der Waals surface area contributed by atoms with Crippen molar-refractivity contribution in [2.75, 3.05) is 5.32 Å². The number of aryl methyl sites for hydroxylation is 1. The molecule has 0 saturated carbocycles. The fourth-order valence-electron chi connectivity index (χ4n) is 1.68. The van der Waals surface area contributed by atoms with Gasteiger partial charge in [-0.15, -0.1) is 16.4 Å². The molecule has 0 aliphatic heterocycles. The molecule has 0 saturated heterocycles. The van der Waals surface area contributed by atoms with E-state index in [1.807, 2.05) is 31.2 Å². The lowest BCUT2D eigenvalue weighted by Gasteiger charge is -1.97. The first-order valence-electron chi connectivity index (χ1n) is 6.09. The number of nitrogens with zero attached hydrogens (tertiary/aromatic N) is 2. The summed E-state index contributed by atoms with van der Waals surface area (Å²) in [4.78, 5) is 12.4. The van der Waals surface area contributed by atoms with E-state index in [1.54, 1.807) is 12.1 Å². The first-order valence-corrected chi connectivity index (χ1v) is 7.28. The maximum atomic E-state index is 11.9. The highest BCUT2D eigenvalue weighted by Gasteiger charge is 2.14. The number of rotatable bonds is 3. The topological polar surface area (TPSA) is 68.0 Å². The number of halogens is 1. The Labute approximate surface area is 129 Å². The van der Waals surface area contributed by atoms with Gasteiger partial charge in [-0.3, -0.25) is 10.1 Å². The molecule has 21 heavy (non-hydrogen) atoms. The van der Waals surface area contributed by atoms with Crippen molar-refractivity contribution in [3.63, 3.8) is 0 Å². The highest BCUT2D eigenvalue weighted by molar-refractivity contribution is 7.18. The summed E-state index contributed by atoms with van der Waals surface area (Å²) >= 11 is 6.97. The van der Waals surface area contributed by atoms with Gasteiger partial charge in [0.2, 0.25) is 5.89 Å². The second-order valence-electron chi connectivity index (χ2n) is 4.34. The second kappa shape index (κ2) is 5.67. The molecule has 0 aliphatic carbocycles. The molecule has 1 aromatic carbocycles. The summed E-state index contributed by atoms with van der Waals surface area (Å²) < 4.78 is 5.97. The normalized spacial score (nSPS) is 10.6. The van der Waals surface area contributed by atoms with Crippen LogP contribution in [0.1, 0.15) is 15.2 Å². The van der Waals surface area contributed by atoms with Crippen LogP contribution in [0, 0.1) is 6.92 Å². The minimum absolute atomic E-state index is 0.0556. The summed E-state index contributed by atoms with van der Waals surface area (Å²) in [6.07, 6.45) is 0. The largest absolute Gasteiger partial charge is 0.403 e. The Balaban J connectivity index is 1.76. The Hall–Kier alpha value is -2.18. The van der Waals surface area contributed by atoms with E-state index in [-0.39, 0.29) is 11.9 Å². The van der Waals surface area contributed by atoms with E-state index >= 15 is 0 Å². The van der Waals surface area contributed by atoms with Crippen molar-refractivity contribution < 1.29 is 9.21 Å². The van der Waals surface area contributed by atoms with Crippen LogP contribution < -0.4 is 5.32 Å². The molecule has 0 radical (unpaired) electrons. The Bertz CT molecular complexity index is 780. The Kier molecular flexibility index (Phi) is 3.72. The van der Waals surface area contributed by atoms with Crippen molar-refractivity contribution in [2.45, 2.75) is 6.92 Å². The van der Waals surface area contributed by atoms with Gasteiger partial charge in [0.15, 0.2) is 0 Å². The van der Waals surface area contributed by atoms with Gasteiger partial charge >= 0.3 is 6.01 Å². The van der Waals surface area contributed by atoms with Crippen LogP contribution in [-0.4, -0.2) is 16.1 Å². The molecule has 0 bridgehead atoms. The Morgan fingerprint density at radius 3 is 2.62 bits per heavy atom. The average Bonchev–Trinajstić information content (AvgIpc) is 3.09. The number of carbonyl (C=O) groups is 1. The Morgan fingerprint density at radius 2 is 1.95 bits per heavy atom. The van der Waals surface area contributed by atoms with Crippen LogP contribution in [0.2, 0.25) is 4.34 Å². The SMILES string of the molecule is Cc1ccc(-c2nnc(NC(=O)c3ccc(Cl)s3)o2)cc1. The van der Waals surface area contributed by atoms with Gasteiger partial charge in [-0.05, 0) is 31.2 Å². The molecule has 0 spiro atoms. The molecule has 1 N–H and O–H groups in total. The predicted octanol–water partition coefficient (Wildman–Crippen LogP) is 4.01. The van der Waals surface area contributed by atoms with E-state index in [2.05, 4.69) is 15.5 Å². The van der Waals surface area contributed by atoms with E-state index in [9.17, 15) is 4.79 Å². The first-order chi connectivity index (χ1) is 10.1. The number of thiophene rings is 1. The molecule has 0 fully saturated rings. The second-order valence-corrected chi connectivity index (χ2v) is 6.05. The van der Waals surface area contributed by atoms with Gasteiger partial charge < -0.3 is 4.42 Å². The summed E-state index contributed by atoms with van der Waals surface area (Å²) in [7, 11) is 0. The number of amides is 1. The highest BCUT2D eigenvalue weighted by Crippen LogP contribution is 2.23. The van der Waals surface area contributed by atoms with Gasteiger partial charge in [-0.25, -0.2) is 0 Å². The van der Waals surface area contributed by atoms with Crippen LogP contribution in [0.15, 0.2) is 40.8 Å². The molecule has 3 aromatic rings. The van der Waals surface area contributed by atoms with E-state index in [0.717, 1.165) is 11.1 Å². The third kappa shape index (κ3) is 3.12. The van der Waals surface area contributed by atoms with Crippen LogP contribution in [-0.2, 0) is 0 Å².